The van der Waals surface area contributed by atoms with E-state index in [0.29, 0.717) is 12.0 Å². The number of hydrogen-bond donors (Lipinski definition) is 2. The number of rotatable bonds is 5. The Balaban J connectivity index is 0.00000225. The summed E-state index contributed by atoms with van der Waals surface area (Å²) in [7, 11) is 0. The van der Waals surface area contributed by atoms with Gasteiger partial charge in [0.15, 0.2) is 5.96 Å². The monoisotopic (exact) mass is 522 g/mol. The molecular weight excluding hydrogens is 495 g/mol. The maximum Gasteiger partial charge on any atom is 0.191 e. The molecule has 2 heterocycles. The van der Waals surface area contributed by atoms with Gasteiger partial charge >= 0.3 is 0 Å². The summed E-state index contributed by atoms with van der Waals surface area (Å²) in [5.41, 5.74) is 1.27. The second kappa shape index (κ2) is 10.6. The molecular formula is C18H28BrIN4O. The number of para-hydroxylation sites is 1. The van der Waals surface area contributed by atoms with E-state index in [4.69, 9.17) is 9.73 Å². The van der Waals surface area contributed by atoms with Crippen LogP contribution in [0.1, 0.15) is 19.8 Å². The van der Waals surface area contributed by atoms with Gasteiger partial charge in [0.1, 0.15) is 0 Å². The average Bonchev–Trinajstić information content (AvgIpc) is 3.25. The van der Waals surface area contributed by atoms with Crippen molar-refractivity contribution in [3.8, 4) is 0 Å². The molecule has 1 aromatic rings. The molecule has 3 rings (SSSR count). The zero-order chi connectivity index (χ0) is 16.8. The van der Waals surface area contributed by atoms with Gasteiger partial charge in [-0.15, -0.1) is 24.0 Å². The Morgan fingerprint density at radius 2 is 2.20 bits per heavy atom. The molecule has 2 atom stereocenters. The predicted octanol–water partition coefficient (Wildman–Crippen LogP) is 3.24. The van der Waals surface area contributed by atoms with Crippen LogP contribution in [-0.2, 0) is 4.74 Å². The number of ether oxygens (including phenoxy) is 1. The predicted molar refractivity (Wildman–Crippen MR) is 118 cm³/mol. The molecule has 0 amide bonds. The van der Waals surface area contributed by atoms with E-state index >= 15 is 0 Å². The zero-order valence-electron chi connectivity index (χ0n) is 14.7. The Labute approximate surface area is 176 Å². The number of hydrogen-bond acceptors (Lipinski definition) is 3. The topological polar surface area (TPSA) is 48.9 Å². The lowest BCUT2D eigenvalue weighted by Gasteiger charge is -2.21. The summed E-state index contributed by atoms with van der Waals surface area (Å²) in [5.74, 6) is 1.50. The van der Waals surface area contributed by atoms with Crippen molar-refractivity contribution >= 4 is 51.6 Å². The minimum absolute atomic E-state index is 0. The Morgan fingerprint density at radius 1 is 1.36 bits per heavy atom. The van der Waals surface area contributed by atoms with E-state index in [2.05, 4.69) is 62.7 Å². The van der Waals surface area contributed by atoms with Crippen LogP contribution < -0.4 is 15.5 Å². The molecule has 2 saturated heterocycles. The Morgan fingerprint density at radius 3 is 2.92 bits per heavy atom. The first kappa shape index (κ1) is 20.8. The third kappa shape index (κ3) is 5.99. The molecule has 140 valence electrons. The SMILES string of the molecule is CCNC(=NCC1CCOC1)NC1CCN(c2ccccc2Br)C1.I. The molecule has 0 spiro atoms. The average molecular weight is 523 g/mol. The van der Waals surface area contributed by atoms with Crippen molar-refractivity contribution in [1.29, 1.82) is 0 Å². The quantitative estimate of drug-likeness (QED) is 0.354. The van der Waals surface area contributed by atoms with Gasteiger partial charge < -0.3 is 20.3 Å². The highest BCUT2D eigenvalue weighted by Crippen LogP contribution is 2.28. The second-order valence-electron chi connectivity index (χ2n) is 6.48. The molecule has 0 radical (unpaired) electrons. The fourth-order valence-corrected chi connectivity index (χ4v) is 3.80. The minimum Gasteiger partial charge on any atom is -0.381 e. The standard InChI is InChI=1S/C18H27BrN4O.HI/c1-2-20-18(21-11-14-8-10-24-13-14)22-15-7-9-23(12-15)17-6-4-3-5-16(17)19;/h3-6,14-15H,2,7-13H2,1H3,(H2,20,21,22);1H. The van der Waals surface area contributed by atoms with Gasteiger partial charge in [-0.25, -0.2) is 0 Å². The highest BCUT2D eigenvalue weighted by atomic mass is 127. The van der Waals surface area contributed by atoms with Crippen LogP contribution in [0.4, 0.5) is 5.69 Å². The normalized spacial score (nSPS) is 23.4. The summed E-state index contributed by atoms with van der Waals surface area (Å²) in [6, 6.07) is 8.85. The van der Waals surface area contributed by atoms with Gasteiger partial charge in [0, 0.05) is 49.2 Å². The van der Waals surface area contributed by atoms with Gasteiger partial charge in [-0.2, -0.15) is 0 Å². The molecule has 7 heteroatoms. The van der Waals surface area contributed by atoms with E-state index in [1.54, 1.807) is 0 Å². The molecule has 2 aliphatic heterocycles. The Kier molecular flexibility index (Phi) is 8.78. The van der Waals surface area contributed by atoms with Crippen LogP contribution in [0.3, 0.4) is 0 Å². The summed E-state index contributed by atoms with van der Waals surface area (Å²) in [5, 5.41) is 6.97. The lowest BCUT2D eigenvalue weighted by molar-refractivity contribution is 0.187. The molecule has 0 aliphatic carbocycles. The summed E-state index contributed by atoms with van der Waals surface area (Å²) in [4.78, 5) is 7.19. The maximum absolute atomic E-state index is 5.44. The van der Waals surface area contributed by atoms with Crippen LogP contribution in [0.5, 0.6) is 0 Å². The lowest BCUT2D eigenvalue weighted by Crippen LogP contribution is -2.44. The number of nitrogens with one attached hydrogen (secondary N) is 2. The molecule has 2 fully saturated rings. The molecule has 0 aromatic heterocycles. The number of benzene rings is 1. The summed E-state index contributed by atoms with van der Waals surface area (Å²) in [6.07, 6.45) is 2.25. The van der Waals surface area contributed by atoms with Crippen LogP contribution in [0, 0.1) is 5.92 Å². The smallest absolute Gasteiger partial charge is 0.191 e. The summed E-state index contributed by atoms with van der Waals surface area (Å²) >= 11 is 3.65. The van der Waals surface area contributed by atoms with E-state index in [0.717, 1.165) is 62.7 Å². The van der Waals surface area contributed by atoms with Crippen LogP contribution in [0.15, 0.2) is 33.7 Å². The summed E-state index contributed by atoms with van der Waals surface area (Å²) in [6.45, 7) is 7.63. The maximum atomic E-state index is 5.44. The number of anilines is 1. The van der Waals surface area contributed by atoms with Crippen molar-refractivity contribution < 1.29 is 4.74 Å². The van der Waals surface area contributed by atoms with Gasteiger partial charge in [0.25, 0.3) is 0 Å². The molecule has 2 N–H and O–H groups in total. The summed E-state index contributed by atoms with van der Waals surface area (Å²) < 4.78 is 6.60. The first-order chi connectivity index (χ1) is 11.8. The van der Waals surface area contributed by atoms with Crippen molar-refractivity contribution in [2.45, 2.75) is 25.8 Å². The van der Waals surface area contributed by atoms with Crippen molar-refractivity contribution in [2.24, 2.45) is 10.9 Å². The van der Waals surface area contributed by atoms with Crippen LogP contribution in [0.2, 0.25) is 0 Å². The van der Waals surface area contributed by atoms with Crippen LogP contribution in [0.25, 0.3) is 0 Å². The number of halogens is 2. The Bertz CT molecular complexity index is 566. The molecule has 25 heavy (non-hydrogen) atoms. The number of aliphatic imine (C=N–C) groups is 1. The second-order valence-corrected chi connectivity index (χ2v) is 7.33. The molecule has 2 aliphatic rings. The molecule has 5 nitrogen and oxygen atoms in total. The van der Waals surface area contributed by atoms with E-state index in [1.807, 2.05) is 0 Å². The van der Waals surface area contributed by atoms with Gasteiger partial charge in [-0.05, 0) is 47.8 Å². The number of nitrogens with zero attached hydrogens (tertiary/aromatic N) is 2. The molecule has 0 saturated carbocycles. The van der Waals surface area contributed by atoms with Crippen LogP contribution >= 0.6 is 39.9 Å². The largest absolute Gasteiger partial charge is 0.381 e. The van der Waals surface area contributed by atoms with Crippen molar-refractivity contribution in [2.75, 3.05) is 44.3 Å². The van der Waals surface area contributed by atoms with E-state index in [1.165, 1.54) is 5.69 Å². The van der Waals surface area contributed by atoms with Crippen molar-refractivity contribution in [3.63, 3.8) is 0 Å². The molecule has 0 bridgehead atoms. The first-order valence-electron chi connectivity index (χ1n) is 8.88. The van der Waals surface area contributed by atoms with Gasteiger partial charge in [-0.1, -0.05) is 12.1 Å². The highest BCUT2D eigenvalue weighted by Gasteiger charge is 2.24. The third-order valence-corrected chi connectivity index (χ3v) is 5.27. The third-order valence-electron chi connectivity index (χ3n) is 4.60. The minimum atomic E-state index is 0. The number of guanidine groups is 1. The van der Waals surface area contributed by atoms with E-state index in [-0.39, 0.29) is 24.0 Å². The van der Waals surface area contributed by atoms with E-state index < -0.39 is 0 Å². The zero-order valence-corrected chi connectivity index (χ0v) is 18.6. The van der Waals surface area contributed by atoms with E-state index in [9.17, 15) is 0 Å². The fraction of sp³-hybridized carbons (Fsp3) is 0.611. The highest BCUT2D eigenvalue weighted by molar-refractivity contribution is 14.0. The Hall–Kier alpha value is -0.540. The van der Waals surface area contributed by atoms with Crippen molar-refractivity contribution in [1.82, 2.24) is 10.6 Å². The fourth-order valence-electron chi connectivity index (χ4n) is 3.27. The van der Waals surface area contributed by atoms with Gasteiger partial charge in [0.05, 0.1) is 12.3 Å². The van der Waals surface area contributed by atoms with Crippen LogP contribution in [-0.4, -0.2) is 51.4 Å². The van der Waals surface area contributed by atoms with Crippen molar-refractivity contribution in [3.05, 3.63) is 28.7 Å². The van der Waals surface area contributed by atoms with Gasteiger partial charge in [-0.3, -0.25) is 4.99 Å². The van der Waals surface area contributed by atoms with Gasteiger partial charge in [0.2, 0.25) is 0 Å². The molecule has 1 aromatic carbocycles. The lowest BCUT2D eigenvalue weighted by atomic mass is 10.1. The molecule has 2 unspecified atom stereocenters. The first-order valence-corrected chi connectivity index (χ1v) is 9.67.